The maximum Gasteiger partial charge on any atom is 0.259 e. The zero-order valence-electron chi connectivity index (χ0n) is 13.4. The van der Waals surface area contributed by atoms with Crippen molar-refractivity contribution in [3.8, 4) is 5.75 Å². The van der Waals surface area contributed by atoms with Gasteiger partial charge in [0.05, 0.1) is 23.4 Å². The predicted molar refractivity (Wildman–Crippen MR) is 99.1 cm³/mol. The first-order chi connectivity index (χ1) is 11.3. The summed E-state index contributed by atoms with van der Waals surface area (Å²) in [5, 5.41) is 5.67. The second-order valence-corrected chi connectivity index (χ2v) is 6.45. The van der Waals surface area contributed by atoms with Crippen LogP contribution in [0.25, 0.3) is 0 Å². The molecule has 0 unspecified atom stereocenters. The molecule has 0 radical (unpaired) electrons. The molecule has 0 aliphatic rings. The Balaban J connectivity index is 2.34. The van der Waals surface area contributed by atoms with Gasteiger partial charge in [-0.3, -0.25) is 9.59 Å². The highest BCUT2D eigenvalue weighted by atomic mass is 79.9. The van der Waals surface area contributed by atoms with Gasteiger partial charge in [-0.1, -0.05) is 27.5 Å². The molecule has 0 saturated heterocycles. The first-order valence-corrected chi connectivity index (χ1v) is 8.21. The highest BCUT2D eigenvalue weighted by molar-refractivity contribution is 9.10. The van der Waals surface area contributed by atoms with Gasteiger partial charge in [-0.15, -0.1) is 0 Å². The normalized spacial score (nSPS) is 10.2. The zero-order valence-corrected chi connectivity index (χ0v) is 15.7. The first kappa shape index (κ1) is 18.3. The number of hydrogen-bond donors (Lipinski definition) is 2. The minimum atomic E-state index is -0.353. The van der Waals surface area contributed by atoms with Crippen molar-refractivity contribution in [2.75, 3.05) is 17.7 Å². The van der Waals surface area contributed by atoms with E-state index < -0.39 is 0 Å². The fourth-order valence-corrected chi connectivity index (χ4v) is 2.83. The number of halogens is 2. The van der Waals surface area contributed by atoms with Gasteiger partial charge in [-0.05, 0) is 36.8 Å². The standard InChI is InChI=1S/C17H16BrClN2O3/c1-9-6-11(18)4-5-14(9)21-17(23)12-7-13(19)15(20-10(2)22)8-16(12)24-3/h4-8H,1-3H3,(H,20,22)(H,21,23). The van der Waals surface area contributed by atoms with E-state index in [1.54, 1.807) is 6.07 Å². The maximum atomic E-state index is 12.6. The topological polar surface area (TPSA) is 67.4 Å². The van der Waals surface area contributed by atoms with E-state index in [1.165, 1.54) is 26.2 Å². The van der Waals surface area contributed by atoms with E-state index in [9.17, 15) is 9.59 Å². The number of rotatable bonds is 4. The van der Waals surface area contributed by atoms with Crippen LogP contribution in [0.15, 0.2) is 34.8 Å². The second kappa shape index (κ2) is 7.68. The molecule has 126 valence electrons. The van der Waals surface area contributed by atoms with Gasteiger partial charge >= 0.3 is 0 Å². The van der Waals surface area contributed by atoms with E-state index >= 15 is 0 Å². The zero-order chi connectivity index (χ0) is 17.9. The number of benzene rings is 2. The van der Waals surface area contributed by atoms with Crippen LogP contribution in [0, 0.1) is 6.92 Å². The molecular weight excluding hydrogens is 396 g/mol. The van der Waals surface area contributed by atoms with Crippen LogP contribution in [0.3, 0.4) is 0 Å². The third-order valence-electron chi connectivity index (χ3n) is 3.28. The summed E-state index contributed by atoms with van der Waals surface area (Å²) in [4.78, 5) is 23.8. The van der Waals surface area contributed by atoms with Crippen molar-refractivity contribution in [2.24, 2.45) is 0 Å². The number of carbonyl (C=O) groups is 2. The number of amides is 2. The molecule has 2 aromatic rings. The van der Waals surface area contributed by atoms with Gasteiger partial charge < -0.3 is 15.4 Å². The van der Waals surface area contributed by atoms with Gasteiger partial charge in [0.15, 0.2) is 0 Å². The number of anilines is 2. The lowest BCUT2D eigenvalue weighted by Crippen LogP contribution is -2.15. The number of carbonyl (C=O) groups excluding carboxylic acids is 2. The Labute approximate surface area is 153 Å². The average Bonchev–Trinajstić information content (AvgIpc) is 2.51. The molecule has 24 heavy (non-hydrogen) atoms. The molecule has 2 N–H and O–H groups in total. The number of methoxy groups -OCH3 is 1. The molecule has 5 nitrogen and oxygen atoms in total. The van der Waals surface area contributed by atoms with E-state index in [-0.39, 0.29) is 22.4 Å². The highest BCUT2D eigenvalue weighted by Gasteiger charge is 2.17. The monoisotopic (exact) mass is 410 g/mol. The molecular formula is C17H16BrClN2O3. The number of ether oxygens (including phenoxy) is 1. The molecule has 0 heterocycles. The summed E-state index contributed by atoms with van der Waals surface area (Å²) >= 11 is 9.53. The number of nitrogens with one attached hydrogen (secondary N) is 2. The fraction of sp³-hybridized carbons (Fsp3) is 0.176. The van der Waals surface area contributed by atoms with E-state index in [1.807, 2.05) is 19.1 Å². The molecule has 2 aromatic carbocycles. The van der Waals surface area contributed by atoms with Crippen LogP contribution in [0.2, 0.25) is 5.02 Å². The summed E-state index contributed by atoms with van der Waals surface area (Å²) in [5.41, 5.74) is 2.27. The maximum absolute atomic E-state index is 12.6. The molecule has 0 atom stereocenters. The van der Waals surface area contributed by atoms with Crippen LogP contribution < -0.4 is 15.4 Å². The van der Waals surface area contributed by atoms with Crippen molar-refractivity contribution in [1.82, 2.24) is 0 Å². The summed E-state index contributed by atoms with van der Waals surface area (Å²) in [6.45, 7) is 3.27. The Morgan fingerprint density at radius 1 is 1.12 bits per heavy atom. The van der Waals surface area contributed by atoms with Gasteiger partial charge in [0.1, 0.15) is 5.75 Å². The summed E-state index contributed by atoms with van der Waals surface area (Å²) < 4.78 is 6.18. The Morgan fingerprint density at radius 2 is 1.83 bits per heavy atom. The smallest absolute Gasteiger partial charge is 0.259 e. The summed E-state index contributed by atoms with van der Waals surface area (Å²) in [6.07, 6.45) is 0. The van der Waals surface area contributed by atoms with Crippen molar-refractivity contribution >= 4 is 50.7 Å². The Bertz CT molecular complexity index is 809. The Hall–Kier alpha value is -2.05. The third kappa shape index (κ3) is 4.27. The lowest BCUT2D eigenvalue weighted by molar-refractivity contribution is -0.114. The molecule has 0 fully saturated rings. The third-order valence-corrected chi connectivity index (χ3v) is 4.09. The summed E-state index contributed by atoms with van der Waals surface area (Å²) in [6, 6.07) is 8.53. The quantitative estimate of drug-likeness (QED) is 0.771. The molecule has 0 aromatic heterocycles. The molecule has 2 rings (SSSR count). The van der Waals surface area contributed by atoms with Gasteiger partial charge in [0.2, 0.25) is 5.91 Å². The molecule has 0 bridgehead atoms. The van der Waals surface area contributed by atoms with Crippen molar-refractivity contribution in [3.05, 3.63) is 51.0 Å². The van der Waals surface area contributed by atoms with E-state index in [0.29, 0.717) is 17.1 Å². The molecule has 0 aliphatic heterocycles. The van der Waals surface area contributed by atoms with Crippen LogP contribution in [0.4, 0.5) is 11.4 Å². The van der Waals surface area contributed by atoms with Gasteiger partial charge in [0.25, 0.3) is 5.91 Å². The Kier molecular flexibility index (Phi) is 5.85. The van der Waals surface area contributed by atoms with E-state index in [4.69, 9.17) is 16.3 Å². The number of aryl methyl sites for hydroxylation is 1. The SMILES string of the molecule is COc1cc(NC(C)=O)c(Cl)cc1C(=O)Nc1ccc(Br)cc1C. The lowest BCUT2D eigenvalue weighted by atomic mass is 10.1. The van der Waals surface area contributed by atoms with Crippen molar-refractivity contribution in [2.45, 2.75) is 13.8 Å². The fourth-order valence-electron chi connectivity index (χ4n) is 2.14. The molecule has 2 amide bonds. The highest BCUT2D eigenvalue weighted by Crippen LogP contribution is 2.32. The largest absolute Gasteiger partial charge is 0.496 e. The van der Waals surface area contributed by atoms with Crippen LogP contribution in [0.5, 0.6) is 5.75 Å². The van der Waals surface area contributed by atoms with Crippen LogP contribution >= 0.6 is 27.5 Å². The minimum absolute atomic E-state index is 0.253. The average molecular weight is 412 g/mol. The van der Waals surface area contributed by atoms with Gasteiger partial charge in [0, 0.05) is 23.2 Å². The van der Waals surface area contributed by atoms with Crippen LogP contribution in [-0.2, 0) is 4.79 Å². The summed E-state index contributed by atoms with van der Waals surface area (Å²) in [5.74, 6) is -0.300. The van der Waals surface area contributed by atoms with Crippen molar-refractivity contribution < 1.29 is 14.3 Å². The Morgan fingerprint density at radius 3 is 2.42 bits per heavy atom. The van der Waals surface area contributed by atoms with Gasteiger partial charge in [-0.2, -0.15) is 0 Å². The van der Waals surface area contributed by atoms with Crippen molar-refractivity contribution in [3.63, 3.8) is 0 Å². The van der Waals surface area contributed by atoms with Crippen LogP contribution in [-0.4, -0.2) is 18.9 Å². The summed E-state index contributed by atoms with van der Waals surface area (Å²) in [7, 11) is 1.45. The second-order valence-electron chi connectivity index (χ2n) is 5.13. The molecule has 0 spiro atoms. The predicted octanol–water partition coefficient (Wildman–Crippen LogP) is 4.63. The van der Waals surface area contributed by atoms with Crippen molar-refractivity contribution in [1.29, 1.82) is 0 Å². The van der Waals surface area contributed by atoms with Gasteiger partial charge in [-0.25, -0.2) is 0 Å². The molecule has 0 aliphatic carbocycles. The van der Waals surface area contributed by atoms with E-state index in [0.717, 1.165) is 10.0 Å². The van der Waals surface area contributed by atoms with E-state index in [2.05, 4.69) is 26.6 Å². The number of hydrogen-bond acceptors (Lipinski definition) is 3. The van der Waals surface area contributed by atoms with Crippen LogP contribution in [0.1, 0.15) is 22.8 Å². The first-order valence-electron chi connectivity index (χ1n) is 7.04. The lowest BCUT2D eigenvalue weighted by Gasteiger charge is -2.14. The molecule has 7 heteroatoms. The minimum Gasteiger partial charge on any atom is -0.496 e. The molecule has 0 saturated carbocycles.